The van der Waals surface area contributed by atoms with Crippen molar-refractivity contribution in [2.75, 3.05) is 20.3 Å². The quantitative estimate of drug-likeness (QED) is 0.721. The molecule has 2 aliphatic rings. The lowest BCUT2D eigenvalue weighted by atomic mass is 9.96. The Morgan fingerprint density at radius 1 is 1.17 bits per heavy atom. The average Bonchev–Trinajstić information content (AvgIpc) is 3.49. The Kier molecular flexibility index (Phi) is 4.56. The number of H-pyrrole nitrogens is 1. The predicted octanol–water partition coefficient (Wildman–Crippen LogP) is 3.81. The van der Waals surface area contributed by atoms with E-state index in [2.05, 4.69) is 22.3 Å². The lowest BCUT2D eigenvalue weighted by molar-refractivity contribution is 0.0495. The Hall–Kier alpha value is -3.12. The molecule has 2 aliphatic heterocycles. The van der Waals surface area contributed by atoms with Crippen molar-refractivity contribution in [3.05, 3.63) is 71.4 Å². The molecule has 1 N–H and O–H groups in total. The molecule has 29 heavy (non-hydrogen) atoms. The van der Waals surface area contributed by atoms with Crippen LogP contribution >= 0.6 is 0 Å². The van der Waals surface area contributed by atoms with Crippen LogP contribution in [0.2, 0.25) is 0 Å². The van der Waals surface area contributed by atoms with E-state index in [1.54, 1.807) is 7.11 Å². The second-order valence-electron chi connectivity index (χ2n) is 7.50. The Morgan fingerprint density at radius 3 is 2.66 bits per heavy atom. The number of ether oxygens (including phenoxy) is 2. The van der Waals surface area contributed by atoms with Crippen LogP contribution in [-0.4, -0.2) is 47.4 Å². The van der Waals surface area contributed by atoms with Crippen LogP contribution in [0.3, 0.4) is 0 Å². The molecule has 3 aromatic rings. The van der Waals surface area contributed by atoms with E-state index in [4.69, 9.17) is 9.47 Å². The highest BCUT2D eigenvalue weighted by atomic mass is 16.5. The smallest absolute Gasteiger partial charge is 0.273 e. The van der Waals surface area contributed by atoms with Gasteiger partial charge in [0.25, 0.3) is 5.91 Å². The number of aromatic nitrogens is 2. The first kappa shape index (κ1) is 17.9. The van der Waals surface area contributed by atoms with Gasteiger partial charge in [-0.3, -0.25) is 9.89 Å². The van der Waals surface area contributed by atoms with Crippen LogP contribution in [0.4, 0.5) is 0 Å². The van der Waals surface area contributed by atoms with Gasteiger partial charge in [0.05, 0.1) is 24.9 Å². The number of rotatable bonds is 5. The fraction of sp³-hybridized carbons (Fsp3) is 0.304. The van der Waals surface area contributed by atoms with Gasteiger partial charge in [-0.25, -0.2) is 0 Å². The molecule has 148 valence electrons. The van der Waals surface area contributed by atoms with Crippen LogP contribution < -0.4 is 4.74 Å². The topological polar surface area (TPSA) is 67.4 Å². The molecule has 0 bridgehead atoms. The summed E-state index contributed by atoms with van der Waals surface area (Å²) in [7, 11) is 1.65. The van der Waals surface area contributed by atoms with Gasteiger partial charge in [0.2, 0.25) is 0 Å². The molecule has 1 amide bonds. The standard InChI is InChI=1S/C23H23N3O3/c1-28-17-11-9-15(10-12-17)20-19-21(25-24-20)23(27)26(14-18-8-5-13-29-18)22(19)16-6-3-2-4-7-16/h2-4,6-7,9-12,18,22H,5,8,13-14H2,1H3,(H,24,25). The second-order valence-corrected chi connectivity index (χ2v) is 7.50. The molecule has 0 aliphatic carbocycles. The molecule has 2 unspecified atom stereocenters. The molecule has 0 radical (unpaired) electrons. The average molecular weight is 389 g/mol. The van der Waals surface area contributed by atoms with Crippen LogP contribution in [0.25, 0.3) is 11.3 Å². The van der Waals surface area contributed by atoms with Crippen molar-refractivity contribution in [3.8, 4) is 17.0 Å². The summed E-state index contributed by atoms with van der Waals surface area (Å²) in [5, 5.41) is 7.52. The van der Waals surface area contributed by atoms with Gasteiger partial charge in [0.15, 0.2) is 0 Å². The Bertz CT molecular complexity index is 1010. The van der Waals surface area contributed by atoms with Crippen LogP contribution in [0.15, 0.2) is 54.6 Å². The molecule has 1 saturated heterocycles. The van der Waals surface area contributed by atoms with Gasteiger partial charge in [-0.1, -0.05) is 30.3 Å². The Labute approximate surface area is 169 Å². The first-order chi connectivity index (χ1) is 14.3. The Morgan fingerprint density at radius 2 is 1.97 bits per heavy atom. The molecule has 6 nitrogen and oxygen atoms in total. The van der Waals surface area contributed by atoms with Gasteiger partial charge in [0.1, 0.15) is 11.4 Å². The number of carbonyl (C=O) groups is 1. The van der Waals surface area contributed by atoms with Crippen molar-refractivity contribution in [1.82, 2.24) is 15.1 Å². The van der Waals surface area contributed by atoms with Crippen molar-refractivity contribution in [2.24, 2.45) is 0 Å². The van der Waals surface area contributed by atoms with Crippen LogP contribution in [0.1, 0.15) is 40.5 Å². The van der Waals surface area contributed by atoms with E-state index < -0.39 is 0 Å². The van der Waals surface area contributed by atoms with E-state index in [9.17, 15) is 4.79 Å². The minimum Gasteiger partial charge on any atom is -0.497 e. The van der Waals surface area contributed by atoms with Crippen LogP contribution in [0, 0.1) is 0 Å². The van der Waals surface area contributed by atoms with Crippen molar-refractivity contribution in [1.29, 1.82) is 0 Å². The molecular formula is C23H23N3O3. The van der Waals surface area contributed by atoms with E-state index >= 15 is 0 Å². The molecule has 6 heteroatoms. The monoisotopic (exact) mass is 389 g/mol. The minimum atomic E-state index is -0.182. The summed E-state index contributed by atoms with van der Waals surface area (Å²) in [4.78, 5) is 15.2. The molecule has 0 saturated carbocycles. The Balaban J connectivity index is 1.59. The molecule has 2 atom stereocenters. The zero-order chi connectivity index (χ0) is 19.8. The third kappa shape index (κ3) is 3.09. The fourth-order valence-electron chi connectivity index (χ4n) is 4.34. The minimum absolute atomic E-state index is 0.0170. The number of nitrogens with one attached hydrogen (secondary N) is 1. The van der Waals surface area contributed by atoms with E-state index in [0.717, 1.165) is 47.6 Å². The van der Waals surface area contributed by atoms with E-state index in [1.807, 2.05) is 47.4 Å². The lowest BCUT2D eigenvalue weighted by Crippen LogP contribution is -2.36. The second kappa shape index (κ2) is 7.37. The van der Waals surface area contributed by atoms with Crippen molar-refractivity contribution in [2.45, 2.75) is 25.0 Å². The maximum Gasteiger partial charge on any atom is 0.273 e. The molecule has 3 heterocycles. The summed E-state index contributed by atoms with van der Waals surface area (Å²) in [6, 6.07) is 17.7. The highest BCUT2D eigenvalue weighted by Crippen LogP contribution is 2.43. The third-order valence-electron chi connectivity index (χ3n) is 5.77. The summed E-state index contributed by atoms with van der Waals surface area (Å²) in [6.45, 7) is 1.36. The summed E-state index contributed by atoms with van der Waals surface area (Å²) in [6.07, 6.45) is 2.13. The first-order valence-corrected chi connectivity index (χ1v) is 9.96. The van der Waals surface area contributed by atoms with Crippen LogP contribution in [-0.2, 0) is 4.74 Å². The van der Waals surface area contributed by atoms with Gasteiger partial charge in [-0.05, 0) is 42.7 Å². The van der Waals surface area contributed by atoms with E-state index in [1.165, 1.54) is 0 Å². The number of hydrogen-bond acceptors (Lipinski definition) is 4. The summed E-state index contributed by atoms with van der Waals surface area (Å²) in [5.41, 5.74) is 4.34. The zero-order valence-corrected chi connectivity index (χ0v) is 16.3. The number of hydrogen-bond donors (Lipinski definition) is 1. The van der Waals surface area contributed by atoms with Crippen molar-refractivity contribution >= 4 is 5.91 Å². The third-order valence-corrected chi connectivity index (χ3v) is 5.77. The van der Waals surface area contributed by atoms with Gasteiger partial charge in [-0.2, -0.15) is 5.10 Å². The largest absolute Gasteiger partial charge is 0.497 e. The normalized spacial score (nSPS) is 20.9. The number of carbonyl (C=O) groups excluding carboxylic acids is 1. The molecule has 1 fully saturated rings. The van der Waals surface area contributed by atoms with Crippen LogP contribution in [0.5, 0.6) is 5.75 Å². The lowest BCUT2D eigenvalue weighted by Gasteiger charge is -2.28. The fourth-order valence-corrected chi connectivity index (χ4v) is 4.34. The highest BCUT2D eigenvalue weighted by Gasteiger charge is 2.43. The number of amides is 1. The first-order valence-electron chi connectivity index (χ1n) is 9.96. The number of aromatic amines is 1. The number of benzene rings is 2. The maximum absolute atomic E-state index is 13.3. The molecule has 5 rings (SSSR count). The molecule has 1 aromatic heterocycles. The van der Waals surface area contributed by atoms with E-state index in [0.29, 0.717) is 12.2 Å². The van der Waals surface area contributed by atoms with Gasteiger partial charge in [-0.15, -0.1) is 0 Å². The summed E-state index contributed by atoms with van der Waals surface area (Å²) in [5.74, 6) is 0.772. The zero-order valence-electron chi connectivity index (χ0n) is 16.3. The number of nitrogens with zero attached hydrogens (tertiary/aromatic N) is 2. The van der Waals surface area contributed by atoms with Crippen molar-refractivity contribution in [3.63, 3.8) is 0 Å². The number of methoxy groups -OCH3 is 1. The van der Waals surface area contributed by atoms with Crippen molar-refractivity contribution < 1.29 is 14.3 Å². The van der Waals surface area contributed by atoms with E-state index in [-0.39, 0.29) is 18.1 Å². The molecular weight excluding hydrogens is 366 g/mol. The van der Waals surface area contributed by atoms with Gasteiger partial charge < -0.3 is 14.4 Å². The highest BCUT2D eigenvalue weighted by molar-refractivity contribution is 6.00. The SMILES string of the molecule is COc1ccc(-c2n[nH]c3c2C(c2ccccc2)N(CC2CCCO2)C3=O)cc1. The van der Waals surface area contributed by atoms with Gasteiger partial charge in [0, 0.05) is 24.3 Å². The maximum atomic E-state index is 13.3. The summed E-state index contributed by atoms with van der Waals surface area (Å²) < 4.78 is 11.1. The molecule has 0 spiro atoms. The predicted molar refractivity (Wildman–Crippen MR) is 109 cm³/mol. The molecule has 2 aromatic carbocycles. The number of fused-ring (bicyclic) bond motifs is 1. The van der Waals surface area contributed by atoms with Gasteiger partial charge >= 0.3 is 0 Å². The summed E-state index contributed by atoms with van der Waals surface area (Å²) >= 11 is 0.